The van der Waals surface area contributed by atoms with Gasteiger partial charge in [0.1, 0.15) is 10.5 Å². The third-order valence-corrected chi connectivity index (χ3v) is 4.60. The van der Waals surface area contributed by atoms with E-state index in [0.29, 0.717) is 4.47 Å². The first-order valence-corrected chi connectivity index (χ1v) is 8.42. The van der Waals surface area contributed by atoms with E-state index in [-0.39, 0.29) is 16.2 Å². The number of aryl methyl sites for hydroxylation is 1. The zero-order valence-electron chi connectivity index (χ0n) is 11.9. The standard InChI is InChI=1S/C15H13BrO5S/c1-10-3-6-12(7-4-10)22(18,19)21-14-8-5-11(16)9-13(14)15(17)20-2/h3-9H,1-2H3. The van der Waals surface area contributed by atoms with E-state index in [0.717, 1.165) is 5.56 Å². The average molecular weight is 385 g/mol. The molecule has 0 fully saturated rings. The third-order valence-electron chi connectivity index (χ3n) is 2.86. The van der Waals surface area contributed by atoms with Gasteiger partial charge in [-0.15, -0.1) is 0 Å². The number of rotatable bonds is 4. The minimum absolute atomic E-state index is 0.0110. The molecule has 2 aromatic carbocycles. The Labute approximate surface area is 137 Å². The van der Waals surface area contributed by atoms with E-state index in [4.69, 9.17) is 4.18 Å². The number of benzene rings is 2. The van der Waals surface area contributed by atoms with Crippen molar-refractivity contribution in [1.29, 1.82) is 0 Å². The molecule has 0 aliphatic rings. The summed E-state index contributed by atoms with van der Waals surface area (Å²) in [5, 5.41) is 0. The maximum Gasteiger partial charge on any atom is 0.341 e. The van der Waals surface area contributed by atoms with Crippen LogP contribution in [-0.4, -0.2) is 21.5 Å². The molecule has 0 N–H and O–H groups in total. The molecular formula is C15H13BrO5S. The van der Waals surface area contributed by atoms with Crippen molar-refractivity contribution in [2.24, 2.45) is 0 Å². The van der Waals surface area contributed by atoms with Crippen molar-refractivity contribution in [2.45, 2.75) is 11.8 Å². The second kappa shape index (κ2) is 6.50. The second-order valence-corrected chi connectivity index (χ2v) is 6.94. The number of methoxy groups -OCH3 is 1. The quantitative estimate of drug-likeness (QED) is 0.597. The van der Waals surface area contributed by atoms with E-state index in [1.54, 1.807) is 18.2 Å². The van der Waals surface area contributed by atoms with Crippen LogP contribution in [0.1, 0.15) is 15.9 Å². The van der Waals surface area contributed by atoms with E-state index in [1.807, 2.05) is 6.92 Å². The number of halogens is 1. The first kappa shape index (κ1) is 16.5. The number of carbonyl (C=O) groups is 1. The van der Waals surface area contributed by atoms with Crippen molar-refractivity contribution in [1.82, 2.24) is 0 Å². The lowest BCUT2D eigenvalue weighted by atomic mass is 10.2. The highest BCUT2D eigenvalue weighted by molar-refractivity contribution is 9.10. The molecule has 0 amide bonds. The van der Waals surface area contributed by atoms with Gasteiger partial charge in [0, 0.05) is 4.47 Å². The fourth-order valence-corrected chi connectivity index (χ4v) is 3.02. The van der Waals surface area contributed by atoms with Crippen molar-refractivity contribution >= 4 is 32.0 Å². The van der Waals surface area contributed by atoms with Gasteiger partial charge in [0.25, 0.3) is 0 Å². The number of ether oxygens (including phenoxy) is 1. The Hall–Kier alpha value is -1.86. The molecule has 7 heteroatoms. The zero-order chi connectivity index (χ0) is 16.3. The van der Waals surface area contributed by atoms with Gasteiger partial charge in [-0.3, -0.25) is 0 Å². The molecule has 0 bridgehead atoms. The van der Waals surface area contributed by atoms with Crippen LogP contribution >= 0.6 is 15.9 Å². The van der Waals surface area contributed by atoms with Crippen molar-refractivity contribution in [2.75, 3.05) is 7.11 Å². The van der Waals surface area contributed by atoms with Crippen LogP contribution in [0, 0.1) is 6.92 Å². The van der Waals surface area contributed by atoms with E-state index in [1.165, 1.54) is 31.4 Å². The molecule has 0 aromatic heterocycles. The Kier molecular flexibility index (Phi) is 4.87. The lowest BCUT2D eigenvalue weighted by Gasteiger charge is -2.11. The van der Waals surface area contributed by atoms with E-state index < -0.39 is 16.1 Å². The molecule has 0 aliphatic carbocycles. The van der Waals surface area contributed by atoms with Crippen molar-refractivity contribution < 1.29 is 22.1 Å². The van der Waals surface area contributed by atoms with Gasteiger partial charge in [-0.1, -0.05) is 33.6 Å². The number of hydrogen-bond donors (Lipinski definition) is 0. The van der Waals surface area contributed by atoms with Crippen LogP contribution in [0.15, 0.2) is 51.8 Å². The second-order valence-electron chi connectivity index (χ2n) is 4.48. The summed E-state index contributed by atoms with van der Waals surface area (Å²) in [6.07, 6.45) is 0. The summed E-state index contributed by atoms with van der Waals surface area (Å²) in [4.78, 5) is 11.7. The largest absolute Gasteiger partial charge is 0.465 e. The van der Waals surface area contributed by atoms with Gasteiger partial charge < -0.3 is 8.92 Å². The van der Waals surface area contributed by atoms with E-state index in [9.17, 15) is 13.2 Å². The van der Waals surface area contributed by atoms with E-state index >= 15 is 0 Å². The lowest BCUT2D eigenvalue weighted by molar-refractivity contribution is 0.0599. The molecule has 0 unspecified atom stereocenters. The number of esters is 1. The maximum absolute atomic E-state index is 12.3. The van der Waals surface area contributed by atoms with Gasteiger partial charge in [0.05, 0.1) is 7.11 Å². The summed E-state index contributed by atoms with van der Waals surface area (Å²) >= 11 is 3.21. The van der Waals surface area contributed by atoms with Crippen LogP contribution in [0.3, 0.4) is 0 Å². The number of carbonyl (C=O) groups excluding carboxylic acids is 1. The first-order valence-electron chi connectivity index (χ1n) is 6.22. The van der Waals surface area contributed by atoms with Gasteiger partial charge >= 0.3 is 16.1 Å². The summed E-state index contributed by atoms with van der Waals surface area (Å²) in [7, 11) is -2.82. The summed E-state index contributed by atoms with van der Waals surface area (Å²) in [6.45, 7) is 1.85. The molecule has 0 atom stereocenters. The van der Waals surface area contributed by atoms with Crippen LogP contribution in [0.4, 0.5) is 0 Å². The highest BCUT2D eigenvalue weighted by atomic mass is 79.9. The van der Waals surface area contributed by atoms with Gasteiger partial charge in [0.15, 0.2) is 5.75 Å². The highest BCUT2D eigenvalue weighted by Gasteiger charge is 2.21. The molecule has 116 valence electrons. The lowest BCUT2D eigenvalue weighted by Crippen LogP contribution is -2.13. The minimum atomic E-state index is -4.03. The van der Waals surface area contributed by atoms with Crippen molar-refractivity contribution in [3.63, 3.8) is 0 Å². The molecule has 0 radical (unpaired) electrons. The van der Waals surface area contributed by atoms with Gasteiger partial charge in [0.2, 0.25) is 0 Å². The van der Waals surface area contributed by atoms with Crippen LogP contribution in [0.5, 0.6) is 5.75 Å². The van der Waals surface area contributed by atoms with Crippen LogP contribution in [-0.2, 0) is 14.9 Å². The predicted octanol–water partition coefficient (Wildman–Crippen LogP) is 3.31. The third kappa shape index (κ3) is 3.66. The Balaban J connectivity index is 2.41. The Morgan fingerprint density at radius 2 is 1.73 bits per heavy atom. The SMILES string of the molecule is COC(=O)c1cc(Br)ccc1OS(=O)(=O)c1ccc(C)cc1. The summed E-state index contributed by atoms with van der Waals surface area (Å²) < 4.78 is 34.9. The topological polar surface area (TPSA) is 69.7 Å². The molecular weight excluding hydrogens is 372 g/mol. The molecule has 0 saturated heterocycles. The fraction of sp³-hybridized carbons (Fsp3) is 0.133. The summed E-state index contributed by atoms with van der Waals surface area (Å²) in [5.74, 6) is -0.772. The molecule has 5 nitrogen and oxygen atoms in total. The maximum atomic E-state index is 12.3. The average Bonchev–Trinajstić information content (AvgIpc) is 2.48. The first-order chi connectivity index (χ1) is 10.3. The van der Waals surface area contributed by atoms with Crippen LogP contribution in [0.25, 0.3) is 0 Å². The zero-order valence-corrected chi connectivity index (χ0v) is 14.3. The molecule has 0 heterocycles. The van der Waals surface area contributed by atoms with Gasteiger partial charge in [-0.05, 0) is 37.3 Å². The normalized spacial score (nSPS) is 11.0. The van der Waals surface area contributed by atoms with Crippen molar-refractivity contribution in [3.8, 4) is 5.75 Å². The van der Waals surface area contributed by atoms with Crippen LogP contribution in [0.2, 0.25) is 0 Å². The molecule has 22 heavy (non-hydrogen) atoms. The monoisotopic (exact) mass is 384 g/mol. The molecule has 0 aliphatic heterocycles. The number of hydrogen-bond acceptors (Lipinski definition) is 5. The smallest absolute Gasteiger partial charge is 0.341 e. The molecule has 0 spiro atoms. The van der Waals surface area contributed by atoms with Gasteiger partial charge in [-0.25, -0.2) is 4.79 Å². The molecule has 2 aromatic rings. The minimum Gasteiger partial charge on any atom is -0.465 e. The molecule has 2 rings (SSSR count). The molecule has 0 saturated carbocycles. The Bertz CT molecular complexity index is 797. The highest BCUT2D eigenvalue weighted by Crippen LogP contribution is 2.27. The Morgan fingerprint density at radius 3 is 2.32 bits per heavy atom. The van der Waals surface area contributed by atoms with E-state index in [2.05, 4.69) is 20.7 Å². The van der Waals surface area contributed by atoms with Crippen molar-refractivity contribution in [3.05, 3.63) is 58.1 Å². The van der Waals surface area contributed by atoms with Gasteiger partial charge in [-0.2, -0.15) is 8.42 Å². The summed E-state index contributed by atoms with van der Waals surface area (Å²) in [5.41, 5.74) is 0.949. The predicted molar refractivity (Wildman–Crippen MR) is 84.5 cm³/mol. The summed E-state index contributed by atoms with van der Waals surface area (Å²) in [6, 6.07) is 10.6. The van der Waals surface area contributed by atoms with Crippen LogP contribution < -0.4 is 4.18 Å². The fourth-order valence-electron chi connectivity index (χ4n) is 1.72. The Morgan fingerprint density at radius 1 is 1.09 bits per heavy atom.